The van der Waals surface area contributed by atoms with Crippen LogP contribution in [0, 0.1) is 6.92 Å². The number of thioether (sulfide) groups is 1. The Morgan fingerprint density at radius 2 is 1.74 bits per heavy atom. The van der Waals surface area contributed by atoms with Gasteiger partial charge in [0.15, 0.2) is 5.16 Å². The Labute approximate surface area is 187 Å². The third kappa shape index (κ3) is 4.60. The van der Waals surface area contributed by atoms with Crippen molar-refractivity contribution in [2.45, 2.75) is 24.3 Å². The highest BCUT2D eigenvalue weighted by Gasteiger charge is 2.27. The number of anilines is 2. The Bertz CT molecular complexity index is 1030. The molecule has 4 rings (SSSR count). The topological polar surface area (TPSA) is 63.5 Å². The number of ether oxygens (including phenoxy) is 1. The maximum Gasteiger partial charge on any atom is 0.240 e. The number of carbonyl (C=O) groups is 1. The number of para-hydroxylation sites is 2. The van der Waals surface area contributed by atoms with Gasteiger partial charge in [-0.3, -0.25) is 9.36 Å². The highest BCUT2D eigenvalue weighted by atomic mass is 32.2. The molecule has 1 aromatic heterocycles. The van der Waals surface area contributed by atoms with Crippen LogP contribution in [0.1, 0.15) is 12.5 Å². The summed E-state index contributed by atoms with van der Waals surface area (Å²) in [5.74, 6) is 0.805. The Morgan fingerprint density at radius 3 is 2.45 bits per heavy atom. The molecule has 1 atom stereocenters. The second kappa shape index (κ2) is 9.53. The molecule has 0 aliphatic carbocycles. The van der Waals surface area contributed by atoms with Crippen LogP contribution < -0.4 is 9.80 Å². The molecular formula is C23H27N5O2S. The molecular weight excluding hydrogens is 410 g/mol. The minimum Gasteiger partial charge on any atom is -0.378 e. The number of nitrogens with zero attached hydrogens (tertiary/aromatic N) is 5. The summed E-state index contributed by atoms with van der Waals surface area (Å²) in [4.78, 5) is 17.0. The zero-order valence-corrected chi connectivity index (χ0v) is 18.9. The van der Waals surface area contributed by atoms with Crippen LogP contribution in [-0.4, -0.2) is 59.3 Å². The zero-order chi connectivity index (χ0) is 21.8. The maximum absolute atomic E-state index is 13.1. The van der Waals surface area contributed by atoms with Crippen LogP contribution in [-0.2, 0) is 9.53 Å². The summed E-state index contributed by atoms with van der Waals surface area (Å²) >= 11 is 1.43. The summed E-state index contributed by atoms with van der Waals surface area (Å²) in [6.45, 7) is 6.85. The first-order chi connectivity index (χ1) is 15.1. The molecule has 1 aliphatic heterocycles. The number of benzene rings is 2. The molecule has 1 amide bonds. The van der Waals surface area contributed by atoms with E-state index in [1.165, 1.54) is 11.8 Å². The minimum absolute atomic E-state index is 0.0171. The molecule has 1 fully saturated rings. The van der Waals surface area contributed by atoms with Crippen molar-refractivity contribution in [1.29, 1.82) is 0 Å². The van der Waals surface area contributed by atoms with Gasteiger partial charge in [-0.15, -0.1) is 10.2 Å². The van der Waals surface area contributed by atoms with Crippen LogP contribution in [0.5, 0.6) is 0 Å². The highest BCUT2D eigenvalue weighted by molar-refractivity contribution is 8.00. The lowest BCUT2D eigenvalue weighted by Gasteiger charge is -2.28. The molecule has 1 saturated heterocycles. The first-order valence-corrected chi connectivity index (χ1v) is 11.3. The molecule has 3 aromatic rings. The van der Waals surface area contributed by atoms with Crippen LogP contribution >= 0.6 is 11.8 Å². The predicted molar refractivity (Wildman–Crippen MR) is 124 cm³/mol. The number of aryl methyl sites for hydroxylation is 1. The number of carbonyl (C=O) groups excluding carboxylic acids is 1. The normalized spacial score (nSPS) is 15.0. The Hall–Kier alpha value is -2.84. The number of hydrogen-bond donors (Lipinski definition) is 0. The van der Waals surface area contributed by atoms with Crippen molar-refractivity contribution in [2.24, 2.45) is 0 Å². The first-order valence-electron chi connectivity index (χ1n) is 10.4. The van der Waals surface area contributed by atoms with Crippen molar-refractivity contribution in [3.8, 4) is 5.69 Å². The summed E-state index contributed by atoms with van der Waals surface area (Å²) in [5, 5.41) is 9.38. The molecule has 1 unspecified atom stereocenters. The molecule has 7 nitrogen and oxygen atoms in total. The van der Waals surface area contributed by atoms with Crippen LogP contribution in [0.15, 0.2) is 59.8 Å². The summed E-state index contributed by atoms with van der Waals surface area (Å²) in [7, 11) is 1.81. The lowest BCUT2D eigenvalue weighted by Crippen LogP contribution is -2.38. The minimum atomic E-state index is -0.324. The van der Waals surface area contributed by atoms with E-state index in [2.05, 4.69) is 38.7 Å². The monoisotopic (exact) mass is 437 g/mol. The summed E-state index contributed by atoms with van der Waals surface area (Å²) in [6, 6.07) is 17.8. The lowest BCUT2D eigenvalue weighted by molar-refractivity contribution is -0.117. The second-order valence-electron chi connectivity index (χ2n) is 7.50. The van der Waals surface area contributed by atoms with Crippen molar-refractivity contribution in [3.63, 3.8) is 0 Å². The highest BCUT2D eigenvalue weighted by Crippen LogP contribution is 2.31. The number of amides is 1. The van der Waals surface area contributed by atoms with Crippen molar-refractivity contribution in [1.82, 2.24) is 14.8 Å². The molecule has 8 heteroatoms. The Kier molecular flexibility index (Phi) is 6.58. The van der Waals surface area contributed by atoms with Gasteiger partial charge in [0.25, 0.3) is 0 Å². The fraction of sp³-hybridized carbons (Fsp3) is 0.348. The zero-order valence-electron chi connectivity index (χ0n) is 18.1. The largest absolute Gasteiger partial charge is 0.378 e. The molecule has 31 heavy (non-hydrogen) atoms. The van der Waals surface area contributed by atoms with Gasteiger partial charge in [0.05, 0.1) is 24.2 Å². The second-order valence-corrected chi connectivity index (χ2v) is 8.80. The molecule has 0 saturated carbocycles. The Balaban J connectivity index is 1.64. The van der Waals surface area contributed by atoms with Crippen molar-refractivity contribution in [3.05, 3.63) is 60.2 Å². The van der Waals surface area contributed by atoms with E-state index >= 15 is 0 Å². The Morgan fingerprint density at radius 1 is 1.06 bits per heavy atom. The first kappa shape index (κ1) is 21.4. The molecule has 0 N–H and O–H groups in total. The van der Waals surface area contributed by atoms with E-state index in [1.54, 1.807) is 11.9 Å². The number of hydrogen-bond acceptors (Lipinski definition) is 6. The number of rotatable bonds is 6. The van der Waals surface area contributed by atoms with Crippen molar-refractivity contribution >= 4 is 29.3 Å². The van der Waals surface area contributed by atoms with E-state index < -0.39 is 0 Å². The van der Waals surface area contributed by atoms with Gasteiger partial charge < -0.3 is 14.5 Å². The van der Waals surface area contributed by atoms with E-state index in [0.717, 1.165) is 36.0 Å². The van der Waals surface area contributed by atoms with Gasteiger partial charge in [-0.2, -0.15) is 0 Å². The van der Waals surface area contributed by atoms with E-state index in [1.807, 2.05) is 49.4 Å². The molecule has 2 aromatic carbocycles. The average Bonchev–Trinajstić information content (AvgIpc) is 3.22. The molecule has 162 valence electrons. The molecule has 1 aliphatic rings. The van der Waals surface area contributed by atoms with E-state index in [4.69, 9.17) is 4.74 Å². The number of morpholine rings is 1. The van der Waals surface area contributed by atoms with Gasteiger partial charge in [-0.1, -0.05) is 48.2 Å². The van der Waals surface area contributed by atoms with Crippen LogP contribution in [0.3, 0.4) is 0 Å². The molecule has 0 spiro atoms. The molecule has 2 heterocycles. The third-order valence-electron chi connectivity index (χ3n) is 5.37. The van der Waals surface area contributed by atoms with Crippen LogP contribution in [0.2, 0.25) is 0 Å². The van der Waals surface area contributed by atoms with E-state index in [0.29, 0.717) is 18.4 Å². The SMILES string of the molecule is Cc1ccccc1-n1c(SC(C)C(=O)N(C)c2ccccc2)nnc1N1CCOCC1. The third-order valence-corrected chi connectivity index (χ3v) is 6.40. The van der Waals surface area contributed by atoms with E-state index in [9.17, 15) is 4.79 Å². The molecule has 0 radical (unpaired) electrons. The maximum atomic E-state index is 13.1. The van der Waals surface area contributed by atoms with Crippen LogP contribution in [0.4, 0.5) is 11.6 Å². The standard InChI is InChI=1S/C23H27N5O2S/c1-17-9-7-8-12-20(17)28-22(27-13-15-30-16-14-27)24-25-23(28)31-18(2)21(29)26(3)19-10-5-4-6-11-19/h4-12,18H,13-16H2,1-3H3. The van der Waals surface area contributed by atoms with Gasteiger partial charge in [0, 0.05) is 25.8 Å². The summed E-state index contributed by atoms with van der Waals surface area (Å²) in [5.41, 5.74) is 3.01. The van der Waals surface area contributed by atoms with Gasteiger partial charge >= 0.3 is 0 Å². The van der Waals surface area contributed by atoms with Gasteiger partial charge in [-0.25, -0.2) is 0 Å². The number of aromatic nitrogens is 3. The lowest BCUT2D eigenvalue weighted by atomic mass is 10.2. The quantitative estimate of drug-likeness (QED) is 0.550. The smallest absolute Gasteiger partial charge is 0.240 e. The van der Waals surface area contributed by atoms with E-state index in [-0.39, 0.29) is 11.2 Å². The molecule has 0 bridgehead atoms. The predicted octanol–water partition coefficient (Wildman–Crippen LogP) is 3.56. The fourth-order valence-electron chi connectivity index (χ4n) is 3.59. The summed E-state index contributed by atoms with van der Waals surface area (Å²) < 4.78 is 7.57. The fourth-order valence-corrected chi connectivity index (χ4v) is 4.54. The average molecular weight is 438 g/mol. The van der Waals surface area contributed by atoms with Crippen molar-refractivity contribution in [2.75, 3.05) is 43.2 Å². The summed E-state index contributed by atoms with van der Waals surface area (Å²) in [6.07, 6.45) is 0. The van der Waals surface area contributed by atoms with Crippen molar-refractivity contribution < 1.29 is 9.53 Å². The van der Waals surface area contributed by atoms with Gasteiger partial charge in [0.1, 0.15) is 0 Å². The van der Waals surface area contributed by atoms with Gasteiger partial charge in [0.2, 0.25) is 11.9 Å². The van der Waals surface area contributed by atoms with Crippen LogP contribution in [0.25, 0.3) is 5.69 Å². The van der Waals surface area contributed by atoms with Gasteiger partial charge in [-0.05, 0) is 37.6 Å².